The third-order valence-electron chi connectivity index (χ3n) is 5.99. The highest BCUT2D eigenvalue weighted by molar-refractivity contribution is 5.97. The van der Waals surface area contributed by atoms with E-state index in [4.69, 9.17) is 5.21 Å². The van der Waals surface area contributed by atoms with Gasteiger partial charge in [-0.1, -0.05) is 51.1 Å². The zero-order valence-electron chi connectivity index (χ0n) is 19.8. The first-order chi connectivity index (χ1) is 16.0. The fraction of sp³-hybridized carbons (Fsp3) is 0.308. The monoisotopic (exact) mass is 484 g/mol. The highest BCUT2D eigenvalue weighted by Crippen LogP contribution is 2.29. The number of hydrazine groups is 1. The molecule has 0 fully saturated rings. The number of halogens is 1. The summed E-state index contributed by atoms with van der Waals surface area (Å²) in [6.45, 7) is 9.04. The maximum Gasteiger partial charge on any atom is 0.274 e. The molecule has 3 aromatic carbocycles. The summed E-state index contributed by atoms with van der Waals surface area (Å²) in [5.41, 5.74) is 10.4. The quantitative estimate of drug-likeness (QED) is 0.249. The molecule has 1 unspecified atom stereocenters. The van der Waals surface area contributed by atoms with Gasteiger partial charge in [0.05, 0.1) is 0 Å². The number of hydroxylamine groups is 1. The third-order valence-corrected chi connectivity index (χ3v) is 5.99. The van der Waals surface area contributed by atoms with E-state index < -0.39 is 5.91 Å². The van der Waals surface area contributed by atoms with Crippen molar-refractivity contribution >= 4 is 35.0 Å². The minimum absolute atomic E-state index is 0. The molecule has 1 atom stereocenters. The Labute approximate surface area is 206 Å². The van der Waals surface area contributed by atoms with E-state index in [0.29, 0.717) is 18.2 Å². The molecule has 4 N–H and O–H groups in total. The summed E-state index contributed by atoms with van der Waals surface area (Å²) in [5.74, 6) is -0.928. The van der Waals surface area contributed by atoms with Crippen molar-refractivity contribution in [1.29, 1.82) is 0 Å². The topological polar surface area (TPSA) is 93.7 Å². The number of nitrogens with zero attached hydrogens (tertiary/aromatic N) is 1. The lowest BCUT2D eigenvalue weighted by Crippen LogP contribution is -2.37. The Hall–Kier alpha value is -2.97. The van der Waals surface area contributed by atoms with E-state index in [9.17, 15) is 9.59 Å². The zero-order chi connectivity index (χ0) is 23.8. The average Bonchev–Trinajstić information content (AvgIpc) is 2.86. The number of carbonyl (C=O) groups excluding carboxylic acids is 2. The number of amides is 2. The summed E-state index contributed by atoms with van der Waals surface area (Å²) in [4.78, 5) is 26.4. The van der Waals surface area contributed by atoms with Gasteiger partial charge in [0.1, 0.15) is 0 Å². The normalized spacial score (nSPS) is 11.7. The van der Waals surface area contributed by atoms with Gasteiger partial charge in [0.15, 0.2) is 0 Å². The standard InChI is InChI=1S/C26H32N4O3.ClH/c1-4-24(30(5-2)6-3)21-15-20-9-7-8-10-23(20)22(16-21)17-27-28-25(31)18-11-13-19(14-12-18)26(32)29-33;/h7-16,24,27,33H,4-6,17H2,1-3H3,(H,28,31)(H,29,32);1H. The summed E-state index contributed by atoms with van der Waals surface area (Å²) in [6.07, 6.45) is 1.02. The first kappa shape index (κ1) is 27.3. The third kappa shape index (κ3) is 6.33. The van der Waals surface area contributed by atoms with Crippen LogP contribution >= 0.6 is 12.4 Å². The van der Waals surface area contributed by atoms with Crippen molar-refractivity contribution in [1.82, 2.24) is 21.2 Å². The van der Waals surface area contributed by atoms with Gasteiger partial charge in [-0.25, -0.2) is 10.9 Å². The number of nitrogens with one attached hydrogen (secondary N) is 3. The molecule has 0 bridgehead atoms. The van der Waals surface area contributed by atoms with Crippen molar-refractivity contribution in [2.75, 3.05) is 13.1 Å². The Morgan fingerprint density at radius 2 is 1.53 bits per heavy atom. The molecule has 0 aliphatic heterocycles. The fourth-order valence-electron chi connectivity index (χ4n) is 4.25. The molecular weight excluding hydrogens is 452 g/mol. The molecule has 0 radical (unpaired) electrons. The minimum atomic E-state index is -0.623. The zero-order valence-corrected chi connectivity index (χ0v) is 20.6. The van der Waals surface area contributed by atoms with Crippen LogP contribution in [0.15, 0.2) is 60.7 Å². The van der Waals surface area contributed by atoms with Crippen LogP contribution in [-0.2, 0) is 6.54 Å². The second-order valence-corrected chi connectivity index (χ2v) is 7.87. The van der Waals surface area contributed by atoms with Gasteiger partial charge in [0, 0.05) is 23.7 Å². The summed E-state index contributed by atoms with van der Waals surface area (Å²) < 4.78 is 0. The fourth-order valence-corrected chi connectivity index (χ4v) is 4.25. The number of fused-ring (bicyclic) bond motifs is 1. The molecule has 8 heteroatoms. The van der Waals surface area contributed by atoms with Gasteiger partial charge in [0.2, 0.25) is 0 Å². The van der Waals surface area contributed by atoms with Crippen LogP contribution in [0.2, 0.25) is 0 Å². The SMILES string of the molecule is CCC(c1cc(CNNC(=O)c2ccc(C(=O)NO)cc2)c2ccccc2c1)N(CC)CC.Cl. The van der Waals surface area contributed by atoms with Gasteiger partial charge in [0.25, 0.3) is 11.8 Å². The Morgan fingerprint density at radius 1 is 0.912 bits per heavy atom. The first-order valence-electron chi connectivity index (χ1n) is 11.4. The largest absolute Gasteiger partial charge is 0.297 e. The van der Waals surface area contributed by atoms with Gasteiger partial charge < -0.3 is 0 Å². The van der Waals surface area contributed by atoms with E-state index in [1.165, 1.54) is 35.2 Å². The van der Waals surface area contributed by atoms with Crippen molar-refractivity contribution in [2.45, 2.75) is 39.8 Å². The maximum atomic E-state index is 12.5. The first-order valence-corrected chi connectivity index (χ1v) is 11.4. The molecule has 182 valence electrons. The van der Waals surface area contributed by atoms with Gasteiger partial charge in [-0.2, -0.15) is 0 Å². The molecule has 0 aliphatic carbocycles. The lowest BCUT2D eigenvalue weighted by atomic mass is 9.95. The predicted molar refractivity (Wildman–Crippen MR) is 137 cm³/mol. The summed E-state index contributed by atoms with van der Waals surface area (Å²) in [6, 6.07) is 19.2. The molecule has 0 spiro atoms. The predicted octanol–water partition coefficient (Wildman–Crippen LogP) is 4.61. The Kier molecular flexibility index (Phi) is 10.5. The molecule has 0 saturated carbocycles. The molecule has 0 heterocycles. The highest BCUT2D eigenvalue weighted by Gasteiger charge is 2.18. The Balaban J connectivity index is 0.00000408. The van der Waals surface area contributed by atoms with Gasteiger partial charge in [-0.15, -0.1) is 12.4 Å². The van der Waals surface area contributed by atoms with Crippen LogP contribution < -0.4 is 16.3 Å². The van der Waals surface area contributed by atoms with E-state index in [0.717, 1.165) is 30.5 Å². The number of hydrogen-bond donors (Lipinski definition) is 4. The van der Waals surface area contributed by atoms with Gasteiger partial charge in [-0.3, -0.25) is 25.1 Å². The van der Waals surface area contributed by atoms with Gasteiger partial charge in [-0.05, 0) is 71.7 Å². The molecular formula is C26H33ClN4O3. The number of benzene rings is 3. The van der Waals surface area contributed by atoms with E-state index in [1.807, 2.05) is 12.1 Å². The molecule has 2 amide bonds. The maximum absolute atomic E-state index is 12.5. The molecule has 0 saturated heterocycles. The summed E-state index contributed by atoms with van der Waals surface area (Å²) in [5, 5.41) is 11.0. The second kappa shape index (κ2) is 13.1. The molecule has 34 heavy (non-hydrogen) atoms. The van der Waals surface area contributed by atoms with Crippen molar-refractivity contribution in [3.05, 3.63) is 82.9 Å². The lowest BCUT2D eigenvalue weighted by Gasteiger charge is -2.30. The van der Waals surface area contributed by atoms with Crippen LogP contribution in [0.3, 0.4) is 0 Å². The van der Waals surface area contributed by atoms with Crippen LogP contribution in [0.1, 0.15) is 65.1 Å². The van der Waals surface area contributed by atoms with E-state index in [1.54, 1.807) is 5.48 Å². The van der Waals surface area contributed by atoms with E-state index >= 15 is 0 Å². The Bertz CT molecular complexity index is 1100. The Morgan fingerprint density at radius 3 is 2.12 bits per heavy atom. The minimum Gasteiger partial charge on any atom is -0.297 e. The van der Waals surface area contributed by atoms with Crippen LogP contribution in [-0.4, -0.2) is 35.0 Å². The molecule has 7 nitrogen and oxygen atoms in total. The van der Waals surface area contributed by atoms with Crippen molar-refractivity contribution in [3.63, 3.8) is 0 Å². The van der Waals surface area contributed by atoms with E-state index in [-0.39, 0.29) is 23.9 Å². The number of hydrogen-bond acceptors (Lipinski definition) is 5. The molecule has 0 aliphatic rings. The van der Waals surface area contributed by atoms with Crippen molar-refractivity contribution in [3.8, 4) is 0 Å². The lowest BCUT2D eigenvalue weighted by molar-refractivity contribution is 0.0706. The van der Waals surface area contributed by atoms with Crippen molar-refractivity contribution in [2.24, 2.45) is 0 Å². The van der Waals surface area contributed by atoms with Gasteiger partial charge >= 0.3 is 0 Å². The van der Waals surface area contributed by atoms with Crippen LogP contribution in [0.25, 0.3) is 10.8 Å². The summed E-state index contributed by atoms with van der Waals surface area (Å²) >= 11 is 0. The molecule has 3 rings (SSSR count). The van der Waals surface area contributed by atoms with Crippen LogP contribution in [0, 0.1) is 0 Å². The van der Waals surface area contributed by atoms with Crippen molar-refractivity contribution < 1.29 is 14.8 Å². The molecule has 0 aromatic heterocycles. The number of carbonyl (C=O) groups is 2. The van der Waals surface area contributed by atoms with Crippen LogP contribution in [0.4, 0.5) is 0 Å². The number of rotatable bonds is 10. The average molecular weight is 485 g/mol. The molecule has 3 aromatic rings. The smallest absolute Gasteiger partial charge is 0.274 e. The second-order valence-electron chi connectivity index (χ2n) is 7.87. The summed E-state index contributed by atoms with van der Waals surface area (Å²) in [7, 11) is 0. The highest BCUT2D eigenvalue weighted by atomic mass is 35.5. The van der Waals surface area contributed by atoms with Crippen LogP contribution in [0.5, 0.6) is 0 Å². The van der Waals surface area contributed by atoms with E-state index in [2.05, 4.69) is 60.8 Å².